The van der Waals surface area contributed by atoms with Crippen LogP contribution < -0.4 is 0 Å². The van der Waals surface area contributed by atoms with Crippen molar-refractivity contribution in [2.24, 2.45) is 5.92 Å². The third-order valence-electron chi connectivity index (χ3n) is 3.19. The average Bonchev–Trinajstić information content (AvgIpc) is 2.35. The minimum absolute atomic E-state index is 0.394. The van der Waals surface area contributed by atoms with Gasteiger partial charge in [0, 0.05) is 0 Å². The van der Waals surface area contributed by atoms with E-state index in [2.05, 4.69) is 0 Å². The van der Waals surface area contributed by atoms with Gasteiger partial charge in [-0.2, -0.15) is 0 Å². The summed E-state index contributed by atoms with van der Waals surface area (Å²) in [4.78, 5) is 51.4. The van der Waals surface area contributed by atoms with E-state index >= 15 is 0 Å². The molecule has 0 aromatic carbocycles. The number of hydrogen-bond donors (Lipinski definition) is 0. The van der Waals surface area contributed by atoms with Crippen molar-refractivity contribution in [1.29, 1.82) is 0 Å². The fourth-order valence-electron chi connectivity index (χ4n) is 2.30. The fourth-order valence-corrected chi connectivity index (χ4v) is 2.30. The van der Waals surface area contributed by atoms with Crippen molar-refractivity contribution in [1.82, 2.24) is 9.80 Å². The van der Waals surface area contributed by atoms with E-state index in [0.29, 0.717) is 0 Å². The minimum atomic E-state index is -1.12. The Balaban J connectivity index is 3.12. The molecule has 1 heterocycles. The Bertz CT molecular complexity index is 571. The van der Waals surface area contributed by atoms with Crippen molar-refractivity contribution in [2.45, 2.75) is 72.6 Å². The van der Waals surface area contributed by atoms with E-state index in [1.807, 2.05) is 0 Å². The van der Waals surface area contributed by atoms with E-state index < -0.39 is 53.7 Å². The lowest BCUT2D eigenvalue weighted by molar-refractivity contribution is -0.155. The molecule has 1 fully saturated rings. The molecular formula is C17H28N2O6. The molecule has 0 aliphatic carbocycles. The van der Waals surface area contributed by atoms with Crippen LogP contribution >= 0.6 is 0 Å². The first kappa shape index (κ1) is 20.9. The highest BCUT2D eigenvalue weighted by Crippen LogP contribution is 2.24. The van der Waals surface area contributed by atoms with Gasteiger partial charge in [0.1, 0.15) is 23.8 Å². The van der Waals surface area contributed by atoms with Gasteiger partial charge in [0.2, 0.25) is 0 Å². The second-order valence-electron chi connectivity index (χ2n) is 8.34. The first-order valence-corrected chi connectivity index (χ1v) is 8.23. The van der Waals surface area contributed by atoms with E-state index in [9.17, 15) is 19.2 Å². The van der Waals surface area contributed by atoms with Gasteiger partial charge in [-0.15, -0.1) is 0 Å². The Kier molecular flexibility index (Phi) is 5.87. The number of carbonyl (C=O) groups is 4. The summed E-state index contributed by atoms with van der Waals surface area (Å²) >= 11 is 0. The standard InChI is InChI=1S/C17H28N2O6/c1-10(2)12-13(21)18(14(22)24-16(3,4)5)9-11(20)19(12)15(23)25-17(6,7)8/h10,12H,9H2,1-8H3/t12-/m1/s1. The van der Waals surface area contributed by atoms with Gasteiger partial charge in [-0.3, -0.25) is 9.59 Å². The molecule has 142 valence electrons. The molecule has 8 nitrogen and oxygen atoms in total. The first-order chi connectivity index (χ1) is 11.1. The zero-order valence-electron chi connectivity index (χ0n) is 16.2. The molecule has 0 bridgehead atoms. The van der Waals surface area contributed by atoms with Crippen LogP contribution in [-0.4, -0.2) is 57.6 Å². The van der Waals surface area contributed by atoms with Crippen molar-refractivity contribution in [3.63, 3.8) is 0 Å². The molecule has 1 atom stereocenters. The predicted molar refractivity (Wildman–Crippen MR) is 89.7 cm³/mol. The summed E-state index contributed by atoms with van der Waals surface area (Å²) in [6.07, 6.45) is -1.80. The van der Waals surface area contributed by atoms with Crippen molar-refractivity contribution < 1.29 is 28.7 Å². The second kappa shape index (κ2) is 7.01. The lowest BCUT2D eigenvalue weighted by Crippen LogP contribution is -2.65. The lowest BCUT2D eigenvalue weighted by Gasteiger charge is -2.40. The Morgan fingerprint density at radius 2 is 1.40 bits per heavy atom. The van der Waals surface area contributed by atoms with Crippen LogP contribution in [0.5, 0.6) is 0 Å². The molecule has 0 unspecified atom stereocenters. The molecule has 1 saturated heterocycles. The number of nitrogens with zero attached hydrogens (tertiary/aromatic N) is 2. The number of piperazine rings is 1. The van der Waals surface area contributed by atoms with E-state index in [4.69, 9.17) is 9.47 Å². The van der Waals surface area contributed by atoms with Crippen LogP contribution in [0.1, 0.15) is 55.4 Å². The van der Waals surface area contributed by atoms with Gasteiger partial charge in [-0.25, -0.2) is 19.4 Å². The Morgan fingerprint density at radius 1 is 0.960 bits per heavy atom. The number of amides is 4. The summed E-state index contributed by atoms with van der Waals surface area (Å²) in [7, 11) is 0. The van der Waals surface area contributed by atoms with Gasteiger partial charge in [0.15, 0.2) is 0 Å². The topological polar surface area (TPSA) is 93.2 Å². The number of ether oxygens (including phenoxy) is 2. The van der Waals surface area contributed by atoms with Crippen LogP contribution in [0.15, 0.2) is 0 Å². The monoisotopic (exact) mass is 356 g/mol. The maximum Gasteiger partial charge on any atom is 0.417 e. The lowest BCUT2D eigenvalue weighted by atomic mass is 9.99. The molecular weight excluding hydrogens is 328 g/mol. The van der Waals surface area contributed by atoms with Crippen LogP contribution in [-0.2, 0) is 19.1 Å². The highest BCUT2D eigenvalue weighted by atomic mass is 16.6. The summed E-state index contributed by atoms with van der Waals surface area (Å²) < 4.78 is 10.4. The van der Waals surface area contributed by atoms with Gasteiger partial charge < -0.3 is 9.47 Å². The summed E-state index contributed by atoms with van der Waals surface area (Å²) in [6.45, 7) is 12.8. The van der Waals surface area contributed by atoms with Crippen molar-refractivity contribution in [3.05, 3.63) is 0 Å². The number of rotatable bonds is 1. The Hall–Kier alpha value is -2.12. The number of imide groups is 2. The Morgan fingerprint density at radius 3 is 1.80 bits per heavy atom. The normalized spacial score (nSPS) is 19.3. The molecule has 25 heavy (non-hydrogen) atoms. The van der Waals surface area contributed by atoms with Gasteiger partial charge in [0.25, 0.3) is 11.8 Å². The first-order valence-electron chi connectivity index (χ1n) is 8.23. The maximum absolute atomic E-state index is 12.7. The molecule has 0 N–H and O–H groups in total. The van der Waals surface area contributed by atoms with Crippen LogP contribution in [0.25, 0.3) is 0 Å². The zero-order chi connectivity index (χ0) is 19.7. The van der Waals surface area contributed by atoms with Gasteiger partial charge >= 0.3 is 12.2 Å². The SMILES string of the molecule is CC(C)[C@@H]1C(=O)N(C(=O)OC(C)(C)C)CC(=O)N1C(=O)OC(C)(C)C. The van der Waals surface area contributed by atoms with E-state index in [0.717, 1.165) is 9.80 Å². The molecule has 0 aromatic rings. The van der Waals surface area contributed by atoms with Crippen LogP contribution in [0.3, 0.4) is 0 Å². The van der Waals surface area contributed by atoms with Crippen molar-refractivity contribution in [2.75, 3.05) is 6.54 Å². The third kappa shape index (κ3) is 5.44. The van der Waals surface area contributed by atoms with Gasteiger partial charge in [-0.1, -0.05) is 13.8 Å². The fraction of sp³-hybridized carbons (Fsp3) is 0.765. The van der Waals surface area contributed by atoms with Crippen molar-refractivity contribution in [3.8, 4) is 0 Å². The third-order valence-corrected chi connectivity index (χ3v) is 3.19. The maximum atomic E-state index is 12.7. The van der Waals surface area contributed by atoms with Crippen molar-refractivity contribution >= 4 is 24.0 Å². The summed E-state index contributed by atoms with van der Waals surface area (Å²) in [5.41, 5.74) is -1.62. The molecule has 4 amide bonds. The molecule has 0 radical (unpaired) electrons. The molecule has 8 heteroatoms. The summed E-state index contributed by atoms with van der Waals surface area (Å²) in [5.74, 6) is -1.73. The van der Waals surface area contributed by atoms with Crippen LogP contribution in [0.4, 0.5) is 9.59 Å². The second-order valence-corrected chi connectivity index (χ2v) is 8.34. The Labute approximate surface area is 148 Å². The molecule has 0 spiro atoms. The molecule has 1 aliphatic rings. The van der Waals surface area contributed by atoms with Gasteiger partial charge in [-0.05, 0) is 47.5 Å². The molecule has 1 aliphatic heterocycles. The van der Waals surface area contributed by atoms with E-state index in [1.165, 1.54) is 0 Å². The smallest absolute Gasteiger partial charge is 0.417 e. The molecule has 1 rings (SSSR count). The summed E-state index contributed by atoms with van der Waals surface area (Å²) in [5, 5.41) is 0. The minimum Gasteiger partial charge on any atom is -0.443 e. The van der Waals surface area contributed by atoms with Gasteiger partial charge in [0.05, 0.1) is 0 Å². The highest BCUT2D eigenvalue weighted by molar-refractivity contribution is 6.08. The average molecular weight is 356 g/mol. The van der Waals surface area contributed by atoms with Crippen LogP contribution in [0.2, 0.25) is 0 Å². The summed E-state index contributed by atoms with van der Waals surface area (Å²) in [6, 6.07) is -1.12. The quantitative estimate of drug-likeness (QED) is 0.717. The van der Waals surface area contributed by atoms with Crippen LogP contribution in [0, 0.1) is 5.92 Å². The molecule has 0 aromatic heterocycles. The number of hydrogen-bond acceptors (Lipinski definition) is 6. The largest absolute Gasteiger partial charge is 0.443 e. The van der Waals surface area contributed by atoms with E-state index in [-0.39, 0.29) is 0 Å². The van der Waals surface area contributed by atoms with E-state index in [1.54, 1.807) is 55.4 Å². The zero-order valence-corrected chi connectivity index (χ0v) is 16.2. The highest BCUT2D eigenvalue weighted by Gasteiger charge is 2.48. The number of carbonyl (C=O) groups excluding carboxylic acids is 4. The molecule has 0 saturated carbocycles. The predicted octanol–water partition coefficient (Wildman–Crippen LogP) is 2.55.